The zero-order chi connectivity index (χ0) is 15.8. The Morgan fingerprint density at radius 2 is 1.96 bits per heavy atom. The molecule has 0 spiro atoms. The van der Waals surface area contributed by atoms with Gasteiger partial charge in [0.2, 0.25) is 0 Å². The van der Waals surface area contributed by atoms with E-state index in [1.807, 2.05) is 0 Å². The predicted octanol–water partition coefficient (Wildman–Crippen LogP) is 2.75. The summed E-state index contributed by atoms with van der Waals surface area (Å²) in [5.41, 5.74) is 1.17. The molecule has 1 saturated carbocycles. The Kier molecular flexibility index (Phi) is 3.46. The van der Waals surface area contributed by atoms with E-state index < -0.39 is 6.10 Å². The number of amides is 1. The van der Waals surface area contributed by atoms with Crippen LogP contribution in [0, 0.1) is 5.92 Å². The molecule has 120 valence electrons. The Labute approximate surface area is 133 Å². The molecule has 1 aromatic carbocycles. The third kappa shape index (κ3) is 2.77. The second-order valence-electron chi connectivity index (χ2n) is 5.80. The molecule has 1 aliphatic heterocycles. The van der Waals surface area contributed by atoms with Crippen molar-refractivity contribution in [3.05, 3.63) is 41.9 Å². The molecule has 2 heterocycles. The Morgan fingerprint density at radius 3 is 2.61 bits per heavy atom. The smallest absolute Gasteiger partial charge is 0.291 e. The molecule has 1 unspecified atom stereocenters. The minimum absolute atomic E-state index is 0.215. The van der Waals surface area contributed by atoms with Gasteiger partial charge in [-0.25, -0.2) is 0 Å². The Balaban J connectivity index is 1.69. The molecule has 1 aliphatic carbocycles. The molecular weight excluding hydrogens is 298 g/mol. The second kappa shape index (κ2) is 5.62. The molecule has 1 amide bonds. The lowest BCUT2D eigenvalue weighted by molar-refractivity contribution is 0.0995. The summed E-state index contributed by atoms with van der Waals surface area (Å²) in [5.74, 6) is 1.25. The summed E-state index contributed by atoms with van der Waals surface area (Å²) < 4.78 is 16.3. The van der Waals surface area contributed by atoms with Crippen LogP contribution in [-0.4, -0.2) is 24.2 Å². The molecular formula is C17H17NO5. The van der Waals surface area contributed by atoms with Gasteiger partial charge in [0.1, 0.15) is 13.2 Å². The standard InChI is InChI=1S/C17H17NO5/c19-16(10-3-4-10)11-8-14-15(23-7-6-22-14)9-12(11)18-17(20)13-2-1-5-21-13/h1-2,5,8-10,16,19H,3-4,6-7H2,(H,18,20). The van der Waals surface area contributed by atoms with Crippen molar-refractivity contribution in [1.29, 1.82) is 0 Å². The van der Waals surface area contributed by atoms with E-state index in [1.54, 1.807) is 24.3 Å². The second-order valence-corrected chi connectivity index (χ2v) is 5.80. The molecule has 0 bridgehead atoms. The average molecular weight is 315 g/mol. The van der Waals surface area contributed by atoms with Gasteiger partial charge in [-0.1, -0.05) is 0 Å². The summed E-state index contributed by atoms with van der Waals surface area (Å²) in [5, 5.41) is 13.3. The van der Waals surface area contributed by atoms with Crippen molar-refractivity contribution in [3.8, 4) is 11.5 Å². The van der Waals surface area contributed by atoms with Gasteiger partial charge in [-0.2, -0.15) is 0 Å². The monoisotopic (exact) mass is 315 g/mol. The predicted molar refractivity (Wildman–Crippen MR) is 81.8 cm³/mol. The molecule has 1 fully saturated rings. The van der Waals surface area contributed by atoms with Crippen LogP contribution in [0.5, 0.6) is 11.5 Å². The third-order valence-corrected chi connectivity index (χ3v) is 4.09. The molecule has 2 N–H and O–H groups in total. The van der Waals surface area contributed by atoms with Gasteiger partial charge < -0.3 is 24.3 Å². The van der Waals surface area contributed by atoms with Crippen LogP contribution in [-0.2, 0) is 0 Å². The number of hydrogen-bond donors (Lipinski definition) is 2. The van der Waals surface area contributed by atoms with E-state index in [2.05, 4.69) is 5.32 Å². The highest BCUT2D eigenvalue weighted by Gasteiger charge is 2.33. The first-order chi connectivity index (χ1) is 11.2. The number of fused-ring (bicyclic) bond motifs is 1. The summed E-state index contributed by atoms with van der Waals surface area (Å²) in [6.07, 6.45) is 2.79. The summed E-state index contributed by atoms with van der Waals surface area (Å²) in [6.45, 7) is 0.938. The van der Waals surface area contributed by atoms with Crippen molar-refractivity contribution in [2.75, 3.05) is 18.5 Å². The topological polar surface area (TPSA) is 80.9 Å². The molecule has 23 heavy (non-hydrogen) atoms. The fraction of sp³-hybridized carbons (Fsp3) is 0.353. The number of nitrogens with one attached hydrogen (secondary N) is 1. The van der Waals surface area contributed by atoms with Gasteiger partial charge in [-0.05, 0) is 37.0 Å². The number of ether oxygens (including phenoxy) is 2. The Hall–Kier alpha value is -2.47. The largest absolute Gasteiger partial charge is 0.486 e. The van der Waals surface area contributed by atoms with E-state index in [-0.39, 0.29) is 17.6 Å². The molecule has 6 heteroatoms. The number of carbonyl (C=O) groups excluding carboxylic acids is 1. The highest BCUT2D eigenvalue weighted by atomic mass is 16.6. The van der Waals surface area contributed by atoms with Crippen molar-refractivity contribution in [1.82, 2.24) is 0 Å². The number of furan rings is 1. The lowest BCUT2D eigenvalue weighted by Gasteiger charge is -2.23. The van der Waals surface area contributed by atoms with Crippen molar-refractivity contribution in [2.45, 2.75) is 18.9 Å². The highest BCUT2D eigenvalue weighted by Crippen LogP contribution is 2.46. The maximum absolute atomic E-state index is 12.2. The summed E-state index contributed by atoms with van der Waals surface area (Å²) >= 11 is 0. The molecule has 4 rings (SSSR count). The first-order valence-corrected chi connectivity index (χ1v) is 7.69. The normalized spacial score (nSPS) is 17.6. The van der Waals surface area contributed by atoms with E-state index in [9.17, 15) is 9.90 Å². The number of carbonyl (C=O) groups is 1. The van der Waals surface area contributed by atoms with Crippen molar-refractivity contribution in [3.63, 3.8) is 0 Å². The van der Waals surface area contributed by atoms with E-state index in [4.69, 9.17) is 13.9 Å². The minimum Gasteiger partial charge on any atom is -0.486 e. The number of benzene rings is 1. The molecule has 0 saturated heterocycles. The summed E-state index contributed by atoms with van der Waals surface area (Å²) in [6, 6.07) is 6.70. The van der Waals surface area contributed by atoms with E-state index in [0.29, 0.717) is 36.0 Å². The first kappa shape index (κ1) is 14.1. The van der Waals surface area contributed by atoms with Crippen molar-refractivity contribution in [2.24, 2.45) is 5.92 Å². The number of aliphatic hydroxyl groups excluding tert-OH is 1. The zero-order valence-corrected chi connectivity index (χ0v) is 12.5. The fourth-order valence-corrected chi connectivity index (χ4v) is 2.72. The van der Waals surface area contributed by atoms with Crippen LogP contribution in [0.3, 0.4) is 0 Å². The van der Waals surface area contributed by atoms with E-state index in [1.165, 1.54) is 6.26 Å². The van der Waals surface area contributed by atoms with Crippen LogP contribution >= 0.6 is 0 Å². The lowest BCUT2D eigenvalue weighted by atomic mass is 10.0. The maximum Gasteiger partial charge on any atom is 0.291 e. The zero-order valence-electron chi connectivity index (χ0n) is 12.5. The fourth-order valence-electron chi connectivity index (χ4n) is 2.72. The SMILES string of the molecule is O=C(Nc1cc2c(cc1C(O)C1CC1)OCCO2)c1ccco1. The molecule has 6 nitrogen and oxygen atoms in total. The number of anilines is 1. The third-order valence-electron chi connectivity index (χ3n) is 4.09. The Morgan fingerprint density at radius 1 is 1.22 bits per heavy atom. The first-order valence-electron chi connectivity index (χ1n) is 7.69. The van der Waals surface area contributed by atoms with Gasteiger partial charge in [0, 0.05) is 11.6 Å². The van der Waals surface area contributed by atoms with Gasteiger partial charge in [-0.15, -0.1) is 0 Å². The summed E-state index contributed by atoms with van der Waals surface area (Å²) in [7, 11) is 0. The van der Waals surface area contributed by atoms with Gasteiger partial charge in [-0.3, -0.25) is 4.79 Å². The maximum atomic E-state index is 12.2. The van der Waals surface area contributed by atoms with Crippen molar-refractivity contribution < 1.29 is 23.8 Å². The quantitative estimate of drug-likeness (QED) is 0.906. The van der Waals surface area contributed by atoms with Crippen molar-refractivity contribution >= 4 is 11.6 Å². The number of hydrogen-bond acceptors (Lipinski definition) is 5. The number of rotatable bonds is 4. The molecule has 2 aromatic rings. The van der Waals surface area contributed by atoms with Gasteiger partial charge in [0.25, 0.3) is 5.91 Å². The molecule has 1 atom stereocenters. The van der Waals surface area contributed by atoms with Crippen LogP contribution in [0.4, 0.5) is 5.69 Å². The lowest BCUT2D eigenvalue weighted by Crippen LogP contribution is -2.18. The molecule has 1 aromatic heterocycles. The molecule has 0 radical (unpaired) electrons. The van der Waals surface area contributed by atoms with Gasteiger partial charge >= 0.3 is 0 Å². The Bertz CT molecular complexity index is 721. The van der Waals surface area contributed by atoms with Crippen LogP contribution in [0.1, 0.15) is 35.1 Å². The number of aliphatic hydroxyl groups is 1. The minimum atomic E-state index is -0.627. The van der Waals surface area contributed by atoms with Crippen LogP contribution in [0.25, 0.3) is 0 Å². The van der Waals surface area contributed by atoms with Gasteiger partial charge in [0.05, 0.1) is 18.1 Å². The highest BCUT2D eigenvalue weighted by molar-refractivity contribution is 6.02. The van der Waals surface area contributed by atoms with Crippen LogP contribution < -0.4 is 14.8 Å². The summed E-state index contributed by atoms with van der Waals surface area (Å²) in [4.78, 5) is 12.2. The van der Waals surface area contributed by atoms with Gasteiger partial charge in [0.15, 0.2) is 17.3 Å². The van der Waals surface area contributed by atoms with E-state index in [0.717, 1.165) is 12.8 Å². The van der Waals surface area contributed by atoms with Crippen LogP contribution in [0.15, 0.2) is 34.9 Å². The average Bonchev–Trinajstić information content (AvgIpc) is 3.27. The molecule has 2 aliphatic rings. The van der Waals surface area contributed by atoms with Crippen LogP contribution in [0.2, 0.25) is 0 Å². The van der Waals surface area contributed by atoms with E-state index >= 15 is 0 Å².